The molecule has 1 aromatic carbocycles. The van der Waals surface area contributed by atoms with Crippen LogP contribution in [-0.2, 0) is 14.4 Å². The second-order valence-corrected chi connectivity index (χ2v) is 8.61. The molecule has 176 valence electrons. The van der Waals surface area contributed by atoms with Gasteiger partial charge >= 0.3 is 6.18 Å². The zero-order valence-electron chi connectivity index (χ0n) is 16.7. The van der Waals surface area contributed by atoms with Crippen molar-refractivity contribution in [1.82, 2.24) is 10.3 Å². The van der Waals surface area contributed by atoms with Crippen LogP contribution in [0.25, 0.3) is 0 Å². The van der Waals surface area contributed by atoms with Gasteiger partial charge < -0.3 is 0 Å². The molecular formula is C19H15ClF4N4O3S2. The number of alkyl halides is 3. The summed E-state index contributed by atoms with van der Waals surface area (Å²) in [4.78, 5) is 37.9. The number of ketones is 1. The number of Topliss-reactive ketones (excluding diaryl/α,β-unsaturated/α-hetero) is 1. The first-order chi connectivity index (χ1) is 15.4. The first-order valence-electron chi connectivity index (χ1n) is 8.76. The number of allylic oxidation sites excluding steroid dienone is 1. The summed E-state index contributed by atoms with van der Waals surface area (Å²) in [5, 5.41) is 1.81. The Bertz CT molecular complexity index is 1100. The molecule has 0 unspecified atom stereocenters. The second kappa shape index (κ2) is 11.5. The van der Waals surface area contributed by atoms with Crippen LogP contribution in [0.3, 0.4) is 0 Å². The van der Waals surface area contributed by atoms with Crippen LogP contribution in [0.5, 0.6) is 0 Å². The molecule has 2 rings (SSSR count). The Kier molecular flexibility index (Phi) is 9.28. The Morgan fingerprint density at radius 2 is 2.00 bits per heavy atom. The van der Waals surface area contributed by atoms with Crippen LogP contribution in [0.15, 0.2) is 57.1 Å². The SMILES string of the molecule is CC(=O)CSc1ncccc1Sc1cc(N(N)/C(=C\C(=O)NC=O)C(F)(F)F)c(F)cc1Cl. The Balaban J connectivity index is 2.47. The standard InChI is InChI=1S/C19H15ClF4N4O3S2/c1-10(30)8-32-18-14(3-2-4-26-18)33-15-6-13(12(21)5-11(15)20)28(25)16(19(22,23)24)7-17(31)27-9-29/h2-7,9H,8,25H2,1H3,(H,27,29,31)/b16-7-. The van der Waals surface area contributed by atoms with E-state index in [1.807, 2.05) is 0 Å². The molecule has 0 aliphatic heterocycles. The summed E-state index contributed by atoms with van der Waals surface area (Å²) in [6.07, 6.45) is -3.75. The first-order valence-corrected chi connectivity index (χ1v) is 10.9. The summed E-state index contributed by atoms with van der Waals surface area (Å²) in [6.45, 7) is 1.41. The number of nitrogens with two attached hydrogens (primary N) is 1. The lowest BCUT2D eigenvalue weighted by Gasteiger charge is -2.25. The number of anilines is 1. The van der Waals surface area contributed by atoms with E-state index in [4.69, 9.17) is 17.4 Å². The predicted molar refractivity (Wildman–Crippen MR) is 116 cm³/mol. The molecule has 0 saturated carbocycles. The highest BCUT2D eigenvalue weighted by molar-refractivity contribution is 8.02. The molecule has 0 aliphatic rings. The monoisotopic (exact) mass is 522 g/mol. The van der Waals surface area contributed by atoms with Crippen molar-refractivity contribution in [2.24, 2.45) is 5.84 Å². The van der Waals surface area contributed by atoms with Gasteiger partial charge in [-0.1, -0.05) is 35.1 Å². The Labute approximate surface area is 198 Å². The van der Waals surface area contributed by atoms with E-state index in [9.17, 15) is 31.9 Å². The third-order valence-corrected chi connectivity index (χ3v) is 6.46. The van der Waals surface area contributed by atoms with Crippen LogP contribution in [0.4, 0.5) is 23.2 Å². The Hall–Kier alpha value is -2.61. The third kappa shape index (κ3) is 7.45. The summed E-state index contributed by atoms with van der Waals surface area (Å²) in [6, 6.07) is 5.00. The molecule has 2 aromatic rings. The summed E-state index contributed by atoms with van der Waals surface area (Å²) in [7, 11) is 0. The van der Waals surface area contributed by atoms with Gasteiger partial charge in [-0.3, -0.25) is 24.7 Å². The van der Waals surface area contributed by atoms with Crippen molar-refractivity contribution in [3.8, 4) is 0 Å². The number of carbonyl (C=O) groups excluding carboxylic acids is 3. The van der Waals surface area contributed by atoms with Crippen LogP contribution >= 0.6 is 35.1 Å². The fraction of sp³-hybridized carbons (Fsp3) is 0.158. The minimum absolute atomic E-state index is 0.0207. The average molecular weight is 523 g/mol. The van der Waals surface area contributed by atoms with Crippen molar-refractivity contribution in [2.75, 3.05) is 10.8 Å². The lowest BCUT2D eigenvalue weighted by Crippen LogP contribution is -2.39. The van der Waals surface area contributed by atoms with Gasteiger partial charge in [0.2, 0.25) is 6.41 Å². The van der Waals surface area contributed by atoms with Gasteiger partial charge in [-0.05, 0) is 31.2 Å². The highest BCUT2D eigenvalue weighted by Crippen LogP contribution is 2.41. The number of amides is 2. The van der Waals surface area contributed by atoms with Gasteiger partial charge in [0.25, 0.3) is 5.91 Å². The van der Waals surface area contributed by atoms with Gasteiger partial charge in [0.05, 0.1) is 16.5 Å². The van der Waals surface area contributed by atoms with E-state index in [0.29, 0.717) is 9.92 Å². The number of thioether (sulfide) groups is 1. The molecule has 0 saturated heterocycles. The number of hydrogen-bond donors (Lipinski definition) is 2. The second-order valence-electron chi connectivity index (χ2n) is 6.16. The van der Waals surface area contributed by atoms with E-state index in [1.165, 1.54) is 18.4 Å². The van der Waals surface area contributed by atoms with Gasteiger partial charge in [0.15, 0.2) is 0 Å². The third-order valence-electron chi connectivity index (χ3n) is 3.65. The molecular weight excluding hydrogens is 508 g/mol. The van der Waals surface area contributed by atoms with Crippen molar-refractivity contribution < 1.29 is 31.9 Å². The molecule has 1 heterocycles. The number of hydrazine groups is 1. The van der Waals surface area contributed by atoms with E-state index in [-0.39, 0.29) is 38.9 Å². The number of carbonyl (C=O) groups is 3. The predicted octanol–water partition coefficient (Wildman–Crippen LogP) is 4.11. The van der Waals surface area contributed by atoms with E-state index in [1.54, 1.807) is 12.1 Å². The van der Waals surface area contributed by atoms with Crippen molar-refractivity contribution >= 4 is 58.9 Å². The molecule has 0 radical (unpaired) electrons. The van der Waals surface area contributed by atoms with E-state index < -0.39 is 29.3 Å². The highest BCUT2D eigenvalue weighted by atomic mass is 35.5. The Morgan fingerprint density at radius 3 is 2.61 bits per heavy atom. The molecule has 14 heteroatoms. The van der Waals surface area contributed by atoms with Crippen LogP contribution in [0, 0.1) is 5.82 Å². The molecule has 0 spiro atoms. The largest absolute Gasteiger partial charge is 0.433 e. The fourth-order valence-electron chi connectivity index (χ4n) is 2.27. The normalized spacial score (nSPS) is 11.8. The average Bonchev–Trinajstić information content (AvgIpc) is 2.72. The molecule has 2 amide bonds. The van der Waals surface area contributed by atoms with Crippen molar-refractivity contribution in [2.45, 2.75) is 27.9 Å². The van der Waals surface area contributed by atoms with Crippen molar-refractivity contribution in [1.29, 1.82) is 0 Å². The summed E-state index contributed by atoms with van der Waals surface area (Å²) in [5.41, 5.74) is -2.45. The topological polar surface area (TPSA) is 105 Å². The zero-order valence-corrected chi connectivity index (χ0v) is 19.0. The van der Waals surface area contributed by atoms with E-state index in [2.05, 4.69) is 4.98 Å². The van der Waals surface area contributed by atoms with Gasteiger partial charge in [-0.15, -0.1) is 0 Å². The molecule has 0 atom stereocenters. The number of nitrogens with one attached hydrogen (secondary N) is 1. The molecule has 1 aromatic heterocycles. The lowest BCUT2D eigenvalue weighted by atomic mass is 10.2. The number of hydrogen-bond acceptors (Lipinski definition) is 8. The van der Waals surface area contributed by atoms with Gasteiger partial charge in [0, 0.05) is 22.1 Å². The number of benzene rings is 1. The summed E-state index contributed by atoms with van der Waals surface area (Å²) in [5.74, 6) is 2.99. The number of imide groups is 1. The van der Waals surface area contributed by atoms with Crippen molar-refractivity contribution in [3.05, 3.63) is 53.1 Å². The lowest BCUT2D eigenvalue weighted by molar-refractivity contribution is -0.123. The quantitative estimate of drug-likeness (QED) is 0.127. The zero-order chi connectivity index (χ0) is 24.8. The molecule has 0 bridgehead atoms. The molecule has 0 aliphatic carbocycles. The number of rotatable bonds is 9. The number of halogens is 5. The van der Waals surface area contributed by atoms with Gasteiger partial charge in [-0.2, -0.15) is 13.2 Å². The smallest absolute Gasteiger partial charge is 0.299 e. The number of nitrogens with zero attached hydrogens (tertiary/aromatic N) is 2. The molecule has 0 fully saturated rings. The molecule has 33 heavy (non-hydrogen) atoms. The maximum Gasteiger partial charge on any atom is 0.433 e. The van der Waals surface area contributed by atoms with Crippen LogP contribution in [0.1, 0.15) is 6.92 Å². The maximum absolute atomic E-state index is 14.5. The summed E-state index contributed by atoms with van der Waals surface area (Å²) >= 11 is 8.21. The van der Waals surface area contributed by atoms with Gasteiger partial charge in [0.1, 0.15) is 22.3 Å². The Morgan fingerprint density at radius 1 is 1.30 bits per heavy atom. The van der Waals surface area contributed by atoms with Gasteiger partial charge in [-0.25, -0.2) is 15.2 Å². The van der Waals surface area contributed by atoms with Crippen LogP contribution in [-0.4, -0.2) is 35.0 Å². The van der Waals surface area contributed by atoms with Crippen molar-refractivity contribution in [3.63, 3.8) is 0 Å². The molecule has 3 N–H and O–H groups in total. The minimum Gasteiger partial charge on any atom is -0.299 e. The maximum atomic E-state index is 14.5. The van der Waals surface area contributed by atoms with Crippen LogP contribution < -0.4 is 16.2 Å². The highest BCUT2D eigenvalue weighted by Gasteiger charge is 2.39. The minimum atomic E-state index is -5.16. The number of aromatic nitrogens is 1. The van der Waals surface area contributed by atoms with E-state index in [0.717, 1.165) is 35.7 Å². The number of pyridine rings is 1. The van der Waals surface area contributed by atoms with Crippen LogP contribution in [0.2, 0.25) is 5.02 Å². The first kappa shape index (κ1) is 26.6. The fourth-order valence-corrected chi connectivity index (χ4v) is 4.38. The summed E-state index contributed by atoms with van der Waals surface area (Å²) < 4.78 is 54.9. The van der Waals surface area contributed by atoms with E-state index >= 15 is 0 Å². The molecule has 7 nitrogen and oxygen atoms in total.